The largest absolute Gasteiger partial charge is 0.384 e. The molecular formula is C18H23N3O. The van der Waals surface area contributed by atoms with Gasteiger partial charge in [0.25, 0.3) is 0 Å². The van der Waals surface area contributed by atoms with E-state index in [1.807, 2.05) is 18.3 Å². The average Bonchev–Trinajstić information content (AvgIpc) is 2.57. The van der Waals surface area contributed by atoms with Gasteiger partial charge in [0.2, 0.25) is 0 Å². The smallest absolute Gasteiger partial charge is 0.123 e. The number of nitrogens with two attached hydrogens (primary N) is 1. The summed E-state index contributed by atoms with van der Waals surface area (Å²) in [5.74, 6) is 0.555. The minimum absolute atomic E-state index is 0.110. The molecule has 3 rings (SSSR count). The van der Waals surface area contributed by atoms with E-state index in [0.29, 0.717) is 5.82 Å². The van der Waals surface area contributed by atoms with Crippen molar-refractivity contribution < 1.29 is 4.74 Å². The number of rotatable bonds is 5. The molecule has 2 heterocycles. The van der Waals surface area contributed by atoms with Crippen LogP contribution in [0.15, 0.2) is 48.7 Å². The van der Waals surface area contributed by atoms with Gasteiger partial charge < -0.3 is 10.5 Å². The number of nitrogens with zero attached hydrogens (tertiary/aromatic N) is 2. The van der Waals surface area contributed by atoms with Crippen LogP contribution in [-0.4, -0.2) is 36.1 Å². The second-order valence-electron chi connectivity index (χ2n) is 5.77. The Balaban J connectivity index is 1.49. The summed E-state index contributed by atoms with van der Waals surface area (Å²) in [6.45, 7) is 3.83. The highest BCUT2D eigenvalue weighted by atomic mass is 16.5. The maximum absolute atomic E-state index is 5.88. The van der Waals surface area contributed by atoms with E-state index in [2.05, 4.69) is 40.2 Å². The van der Waals surface area contributed by atoms with Gasteiger partial charge in [0.15, 0.2) is 0 Å². The van der Waals surface area contributed by atoms with E-state index >= 15 is 0 Å². The first-order valence-corrected chi connectivity index (χ1v) is 7.90. The maximum Gasteiger partial charge on any atom is 0.123 e. The summed E-state index contributed by atoms with van der Waals surface area (Å²) < 4.78 is 5.88. The number of aryl methyl sites for hydroxylation is 1. The molecule has 1 aliphatic rings. The van der Waals surface area contributed by atoms with Crippen LogP contribution in [-0.2, 0) is 11.2 Å². The summed E-state index contributed by atoms with van der Waals surface area (Å²) in [6.07, 6.45) is 4.25. The quantitative estimate of drug-likeness (QED) is 0.922. The Morgan fingerprint density at radius 3 is 2.82 bits per heavy atom. The van der Waals surface area contributed by atoms with Crippen molar-refractivity contribution in [2.45, 2.75) is 18.9 Å². The zero-order chi connectivity index (χ0) is 15.2. The first-order chi connectivity index (χ1) is 10.8. The number of benzene rings is 1. The normalized spacial score (nSPS) is 19.2. The zero-order valence-electron chi connectivity index (χ0n) is 12.8. The summed E-state index contributed by atoms with van der Waals surface area (Å²) in [6, 6.07) is 14.5. The summed E-state index contributed by atoms with van der Waals surface area (Å²) in [4.78, 5) is 6.64. The minimum atomic E-state index is 0.110. The monoisotopic (exact) mass is 297 g/mol. The molecule has 1 aromatic carbocycles. The number of hydrogen-bond donors (Lipinski definition) is 1. The number of morpholine rings is 1. The van der Waals surface area contributed by atoms with Gasteiger partial charge in [0.1, 0.15) is 5.82 Å². The highest BCUT2D eigenvalue weighted by Gasteiger charge is 2.21. The molecule has 4 heteroatoms. The van der Waals surface area contributed by atoms with Gasteiger partial charge in [-0.1, -0.05) is 36.4 Å². The lowest BCUT2D eigenvalue weighted by atomic mass is 10.1. The summed E-state index contributed by atoms with van der Waals surface area (Å²) >= 11 is 0. The van der Waals surface area contributed by atoms with Crippen LogP contribution in [0.25, 0.3) is 0 Å². The molecule has 1 unspecified atom stereocenters. The molecule has 1 fully saturated rings. The Kier molecular flexibility index (Phi) is 5.03. The van der Waals surface area contributed by atoms with Crippen molar-refractivity contribution in [2.24, 2.45) is 0 Å². The molecule has 0 aliphatic carbocycles. The van der Waals surface area contributed by atoms with Crippen LogP contribution >= 0.6 is 0 Å². The molecule has 1 aliphatic heterocycles. The van der Waals surface area contributed by atoms with Crippen LogP contribution in [0.2, 0.25) is 0 Å². The lowest BCUT2D eigenvalue weighted by Crippen LogP contribution is -2.39. The molecule has 2 aromatic rings. The highest BCUT2D eigenvalue weighted by Crippen LogP contribution is 2.22. The number of pyridine rings is 1. The van der Waals surface area contributed by atoms with Crippen molar-refractivity contribution in [3.8, 4) is 0 Å². The van der Waals surface area contributed by atoms with Gasteiger partial charge >= 0.3 is 0 Å². The number of anilines is 1. The molecule has 1 saturated heterocycles. The topological polar surface area (TPSA) is 51.4 Å². The van der Waals surface area contributed by atoms with Gasteiger partial charge in [-0.2, -0.15) is 0 Å². The van der Waals surface area contributed by atoms with E-state index in [4.69, 9.17) is 10.5 Å². The molecular weight excluding hydrogens is 274 g/mol. The fourth-order valence-corrected chi connectivity index (χ4v) is 2.87. The van der Waals surface area contributed by atoms with Crippen molar-refractivity contribution in [1.82, 2.24) is 9.88 Å². The van der Waals surface area contributed by atoms with Crippen molar-refractivity contribution in [3.05, 3.63) is 59.8 Å². The molecule has 0 saturated carbocycles. The second-order valence-corrected chi connectivity index (χ2v) is 5.77. The van der Waals surface area contributed by atoms with Crippen molar-refractivity contribution in [1.29, 1.82) is 0 Å². The van der Waals surface area contributed by atoms with Crippen molar-refractivity contribution in [2.75, 3.05) is 32.0 Å². The molecule has 4 nitrogen and oxygen atoms in total. The third kappa shape index (κ3) is 4.06. The standard InChI is InChI=1S/C18H23N3O/c19-18-9-8-16(13-20-18)17-14-21(11-12-22-17)10-4-7-15-5-2-1-3-6-15/h1-3,5-6,8-9,13,17H,4,7,10-12,14H2,(H2,19,20). The molecule has 1 aromatic heterocycles. The molecule has 0 amide bonds. The Labute approximate surface area is 131 Å². The Hall–Kier alpha value is -1.91. The highest BCUT2D eigenvalue weighted by molar-refractivity contribution is 5.30. The van der Waals surface area contributed by atoms with Gasteiger partial charge in [-0.25, -0.2) is 4.98 Å². The number of hydrogen-bond acceptors (Lipinski definition) is 4. The maximum atomic E-state index is 5.88. The van der Waals surface area contributed by atoms with E-state index in [-0.39, 0.29) is 6.10 Å². The zero-order valence-corrected chi connectivity index (χ0v) is 12.8. The van der Waals surface area contributed by atoms with Gasteiger partial charge in [-0.3, -0.25) is 4.90 Å². The Bertz CT molecular complexity index is 571. The van der Waals surface area contributed by atoms with E-state index in [1.165, 1.54) is 12.0 Å². The van der Waals surface area contributed by atoms with Crippen LogP contribution in [0.4, 0.5) is 5.82 Å². The van der Waals surface area contributed by atoms with Crippen molar-refractivity contribution >= 4 is 5.82 Å². The van der Waals surface area contributed by atoms with E-state index in [1.54, 1.807) is 0 Å². The van der Waals surface area contributed by atoms with Gasteiger partial charge in [-0.05, 0) is 31.0 Å². The molecule has 2 N–H and O–H groups in total. The number of nitrogen functional groups attached to an aromatic ring is 1. The molecule has 1 atom stereocenters. The third-order valence-corrected chi connectivity index (χ3v) is 4.11. The average molecular weight is 297 g/mol. The molecule has 22 heavy (non-hydrogen) atoms. The van der Waals surface area contributed by atoms with Crippen LogP contribution in [0.1, 0.15) is 23.7 Å². The Morgan fingerprint density at radius 1 is 1.18 bits per heavy atom. The predicted molar refractivity (Wildman–Crippen MR) is 88.5 cm³/mol. The SMILES string of the molecule is Nc1ccc(C2CN(CCCc3ccccc3)CCO2)cn1. The number of ether oxygens (including phenoxy) is 1. The second kappa shape index (κ2) is 7.38. The van der Waals surface area contributed by atoms with Crippen LogP contribution < -0.4 is 5.73 Å². The summed E-state index contributed by atoms with van der Waals surface area (Å²) in [5.41, 5.74) is 8.17. The van der Waals surface area contributed by atoms with E-state index in [0.717, 1.165) is 38.2 Å². The lowest BCUT2D eigenvalue weighted by molar-refractivity contribution is -0.0303. The first-order valence-electron chi connectivity index (χ1n) is 7.90. The predicted octanol–water partition coefficient (Wildman–Crippen LogP) is 2.67. The molecule has 0 radical (unpaired) electrons. The van der Waals surface area contributed by atoms with E-state index < -0.39 is 0 Å². The van der Waals surface area contributed by atoms with E-state index in [9.17, 15) is 0 Å². The van der Waals surface area contributed by atoms with Crippen LogP contribution in [0, 0.1) is 0 Å². The number of aromatic nitrogens is 1. The van der Waals surface area contributed by atoms with Crippen molar-refractivity contribution in [3.63, 3.8) is 0 Å². The molecule has 0 bridgehead atoms. The summed E-state index contributed by atoms with van der Waals surface area (Å²) in [7, 11) is 0. The lowest BCUT2D eigenvalue weighted by Gasteiger charge is -2.33. The molecule has 116 valence electrons. The van der Waals surface area contributed by atoms with Crippen LogP contribution in [0.3, 0.4) is 0 Å². The fourth-order valence-electron chi connectivity index (χ4n) is 2.87. The van der Waals surface area contributed by atoms with Gasteiger partial charge in [0, 0.05) is 24.8 Å². The van der Waals surface area contributed by atoms with Gasteiger partial charge in [0.05, 0.1) is 12.7 Å². The van der Waals surface area contributed by atoms with Crippen LogP contribution in [0.5, 0.6) is 0 Å². The molecule has 0 spiro atoms. The first kappa shape index (κ1) is 15.0. The Morgan fingerprint density at radius 2 is 2.05 bits per heavy atom. The minimum Gasteiger partial charge on any atom is -0.384 e. The van der Waals surface area contributed by atoms with Gasteiger partial charge in [-0.15, -0.1) is 0 Å². The summed E-state index contributed by atoms with van der Waals surface area (Å²) in [5, 5.41) is 0. The fraction of sp³-hybridized carbons (Fsp3) is 0.389. The third-order valence-electron chi connectivity index (χ3n) is 4.11.